The second-order valence-corrected chi connectivity index (χ2v) is 6.22. The Morgan fingerprint density at radius 2 is 2.09 bits per heavy atom. The summed E-state index contributed by atoms with van der Waals surface area (Å²) in [6.45, 7) is 9.89. The van der Waals surface area contributed by atoms with E-state index in [0.29, 0.717) is 12.2 Å². The lowest BCUT2D eigenvalue weighted by molar-refractivity contribution is 0.0527. The molecule has 0 aliphatic carbocycles. The van der Waals surface area contributed by atoms with Crippen LogP contribution in [0.15, 0.2) is 24.4 Å². The van der Waals surface area contributed by atoms with Crippen molar-refractivity contribution in [3.63, 3.8) is 0 Å². The molecule has 5 heteroatoms. The topological polar surface area (TPSA) is 64.1 Å². The molecule has 1 amide bonds. The van der Waals surface area contributed by atoms with Gasteiger partial charge in [-0.15, -0.1) is 0 Å². The summed E-state index contributed by atoms with van der Waals surface area (Å²) in [5, 5.41) is 2.76. The summed E-state index contributed by atoms with van der Waals surface area (Å²) >= 11 is 0. The molecular weight excluding hydrogens is 278 g/mol. The van der Waals surface area contributed by atoms with E-state index in [-0.39, 0.29) is 6.09 Å². The molecule has 0 fully saturated rings. The fourth-order valence-electron chi connectivity index (χ4n) is 2.05. The van der Waals surface area contributed by atoms with Gasteiger partial charge < -0.3 is 10.1 Å². The van der Waals surface area contributed by atoms with Gasteiger partial charge in [-0.3, -0.25) is 4.98 Å². The maximum Gasteiger partial charge on any atom is 0.407 e. The van der Waals surface area contributed by atoms with Crippen LogP contribution in [0.1, 0.15) is 38.4 Å². The Morgan fingerprint density at radius 3 is 2.82 bits per heavy atom. The van der Waals surface area contributed by atoms with Crippen molar-refractivity contribution in [2.75, 3.05) is 6.54 Å². The number of nitrogens with zero attached hydrogens (tertiary/aromatic N) is 2. The number of hydrogen-bond acceptors (Lipinski definition) is 4. The standard InChI is InChI=1S/C17H22N3O2/c1-12-11-19-15-10-13(7-8-14(15)20-12)6-5-9-18-16(21)22-17(2,3)4/h7-8,10-11H,1,5-6,9H2,2-4H3,(H,18,21). The average Bonchev–Trinajstić information content (AvgIpc) is 2.41. The van der Waals surface area contributed by atoms with Crippen molar-refractivity contribution >= 4 is 17.1 Å². The second-order valence-electron chi connectivity index (χ2n) is 6.22. The van der Waals surface area contributed by atoms with Crippen LogP contribution in [0.4, 0.5) is 4.79 Å². The zero-order valence-electron chi connectivity index (χ0n) is 13.3. The van der Waals surface area contributed by atoms with E-state index in [1.165, 1.54) is 5.56 Å². The maximum atomic E-state index is 11.5. The van der Waals surface area contributed by atoms with Crippen molar-refractivity contribution in [1.82, 2.24) is 15.3 Å². The summed E-state index contributed by atoms with van der Waals surface area (Å²) in [5.74, 6) is 0. The van der Waals surface area contributed by atoms with E-state index in [2.05, 4.69) is 22.2 Å². The van der Waals surface area contributed by atoms with Crippen molar-refractivity contribution in [1.29, 1.82) is 0 Å². The zero-order valence-corrected chi connectivity index (χ0v) is 13.3. The van der Waals surface area contributed by atoms with Crippen molar-refractivity contribution in [2.45, 2.75) is 39.2 Å². The SMILES string of the molecule is [CH2]c1cnc2cc(CCCNC(=O)OC(C)(C)C)ccc2n1. The molecule has 0 aliphatic heterocycles. The quantitative estimate of drug-likeness (QED) is 0.880. The van der Waals surface area contributed by atoms with Gasteiger partial charge in [-0.2, -0.15) is 0 Å². The number of nitrogens with one attached hydrogen (secondary N) is 1. The van der Waals surface area contributed by atoms with E-state index in [1.807, 2.05) is 39.0 Å². The van der Waals surface area contributed by atoms with Gasteiger partial charge in [0.2, 0.25) is 0 Å². The number of ether oxygens (including phenoxy) is 1. The molecule has 1 heterocycles. The van der Waals surface area contributed by atoms with Gasteiger partial charge in [0.05, 0.1) is 16.7 Å². The number of hydrogen-bond donors (Lipinski definition) is 1. The summed E-state index contributed by atoms with van der Waals surface area (Å²) in [7, 11) is 0. The monoisotopic (exact) mass is 300 g/mol. The summed E-state index contributed by atoms with van der Waals surface area (Å²) in [4.78, 5) is 20.2. The molecule has 2 rings (SSSR count). The first-order chi connectivity index (χ1) is 10.3. The first kappa shape index (κ1) is 16.2. The lowest BCUT2D eigenvalue weighted by Crippen LogP contribution is -2.33. The molecule has 0 unspecified atom stereocenters. The van der Waals surface area contributed by atoms with E-state index in [1.54, 1.807) is 6.20 Å². The number of amides is 1. The molecule has 0 spiro atoms. The van der Waals surface area contributed by atoms with E-state index >= 15 is 0 Å². The number of alkyl carbamates (subject to hydrolysis) is 1. The van der Waals surface area contributed by atoms with Gasteiger partial charge in [0.15, 0.2) is 0 Å². The number of aryl methyl sites for hydroxylation is 1. The summed E-state index contributed by atoms with van der Waals surface area (Å²) in [6.07, 6.45) is 2.99. The van der Waals surface area contributed by atoms with Crippen molar-refractivity contribution in [3.05, 3.63) is 42.6 Å². The minimum absolute atomic E-state index is 0.375. The molecule has 1 radical (unpaired) electrons. The van der Waals surface area contributed by atoms with Gasteiger partial charge >= 0.3 is 6.09 Å². The predicted octanol–water partition coefficient (Wildman–Crippen LogP) is 3.27. The maximum absolute atomic E-state index is 11.5. The highest BCUT2D eigenvalue weighted by atomic mass is 16.6. The molecule has 0 saturated heterocycles. The molecular formula is C17H22N3O2. The van der Waals surface area contributed by atoms with E-state index in [4.69, 9.17) is 4.74 Å². The highest BCUT2D eigenvalue weighted by molar-refractivity contribution is 5.74. The minimum Gasteiger partial charge on any atom is -0.444 e. The molecule has 1 aromatic carbocycles. The van der Waals surface area contributed by atoms with Gasteiger partial charge in [-0.25, -0.2) is 9.78 Å². The summed E-state index contributed by atoms with van der Waals surface area (Å²) in [5.41, 5.74) is 3.09. The summed E-state index contributed by atoms with van der Waals surface area (Å²) < 4.78 is 5.18. The molecule has 5 nitrogen and oxygen atoms in total. The first-order valence-corrected chi connectivity index (χ1v) is 7.38. The number of carbonyl (C=O) groups excluding carboxylic acids is 1. The van der Waals surface area contributed by atoms with Crippen LogP contribution >= 0.6 is 0 Å². The Kier molecular flexibility index (Phi) is 4.96. The van der Waals surface area contributed by atoms with Gasteiger partial charge in [-0.05, 0) is 58.2 Å². The average molecular weight is 300 g/mol. The lowest BCUT2D eigenvalue weighted by atomic mass is 10.1. The molecule has 2 aromatic rings. The normalized spacial score (nSPS) is 11.5. The second kappa shape index (κ2) is 6.73. The number of aromatic nitrogens is 2. The van der Waals surface area contributed by atoms with Crippen LogP contribution in [0.5, 0.6) is 0 Å². The number of rotatable bonds is 4. The van der Waals surface area contributed by atoms with Crippen LogP contribution < -0.4 is 5.32 Å². The van der Waals surface area contributed by atoms with Gasteiger partial charge in [0.1, 0.15) is 5.60 Å². The third-order valence-electron chi connectivity index (χ3n) is 2.97. The Balaban J connectivity index is 1.82. The van der Waals surface area contributed by atoms with E-state index in [0.717, 1.165) is 23.9 Å². The van der Waals surface area contributed by atoms with Gasteiger partial charge in [0.25, 0.3) is 0 Å². The third kappa shape index (κ3) is 4.98. The number of benzene rings is 1. The molecule has 1 N–H and O–H groups in total. The Morgan fingerprint density at radius 1 is 1.32 bits per heavy atom. The highest BCUT2D eigenvalue weighted by Crippen LogP contribution is 2.13. The molecule has 0 atom stereocenters. The smallest absolute Gasteiger partial charge is 0.407 e. The van der Waals surface area contributed by atoms with Crippen LogP contribution in [-0.2, 0) is 11.2 Å². The van der Waals surface area contributed by atoms with E-state index in [9.17, 15) is 4.79 Å². The first-order valence-electron chi connectivity index (χ1n) is 7.38. The molecule has 22 heavy (non-hydrogen) atoms. The van der Waals surface area contributed by atoms with Gasteiger partial charge in [-0.1, -0.05) is 6.07 Å². The Labute approximate surface area is 131 Å². The Bertz CT molecular complexity index is 662. The van der Waals surface area contributed by atoms with Crippen LogP contribution in [0.25, 0.3) is 11.0 Å². The fraction of sp³-hybridized carbons (Fsp3) is 0.412. The van der Waals surface area contributed by atoms with Crippen LogP contribution in [0.3, 0.4) is 0 Å². The van der Waals surface area contributed by atoms with Crippen molar-refractivity contribution in [3.8, 4) is 0 Å². The third-order valence-corrected chi connectivity index (χ3v) is 2.97. The van der Waals surface area contributed by atoms with Gasteiger partial charge in [0, 0.05) is 12.7 Å². The predicted molar refractivity (Wildman–Crippen MR) is 86.6 cm³/mol. The number of carbonyl (C=O) groups is 1. The lowest BCUT2D eigenvalue weighted by Gasteiger charge is -2.19. The Hall–Kier alpha value is -2.17. The number of fused-ring (bicyclic) bond motifs is 1. The molecule has 0 bridgehead atoms. The van der Waals surface area contributed by atoms with E-state index < -0.39 is 5.60 Å². The van der Waals surface area contributed by atoms with Crippen LogP contribution in [0, 0.1) is 6.92 Å². The molecule has 0 saturated carbocycles. The fourth-order valence-corrected chi connectivity index (χ4v) is 2.05. The highest BCUT2D eigenvalue weighted by Gasteiger charge is 2.15. The minimum atomic E-state index is -0.464. The molecule has 0 aliphatic rings. The summed E-state index contributed by atoms with van der Waals surface area (Å²) in [6, 6.07) is 6.01. The largest absolute Gasteiger partial charge is 0.444 e. The van der Waals surface area contributed by atoms with Crippen LogP contribution in [0.2, 0.25) is 0 Å². The van der Waals surface area contributed by atoms with Crippen LogP contribution in [-0.4, -0.2) is 28.2 Å². The van der Waals surface area contributed by atoms with Crippen molar-refractivity contribution in [2.24, 2.45) is 0 Å². The molecule has 117 valence electrons. The van der Waals surface area contributed by atoms with Crippen molar-refractivity contribution < 1.29 is 9.53 Å². The zero-order chi connectivity index (χ0) is 16.2. The molecule has 1 aromatic heterocycles.